The third-order valence-corrected chi connectivity index (χ3v) is 2.28. The average molecular weight is 192 g/mol. The van der Waals surface area contributed by atoms with E-state index in [1.54, 1.807) is 12.1 Å². The van der Waals surface area contributed by atoms with Gasteiger partial charge in [-0.3, -0.25) is 0 Å². The maximum Gasteiger partial charge on any atom is 0.337 e. The first kappa shape index (κ1) is 8.87. The predicted octanol–water partition coefficient (Wildman–Crippen LogP) is 1.61. The van der Waals surface area contributed by atoms with Crippen LogP contribution in [0.3, 0.4) is 0 Å². The number of benzene rings is 1. The van der Waals surface area contributed by atoms with Crippen molar-refractivity contribution in [3.63, 3.8) is 0 Å². The summed E-state index contributed by atoms with van der Waals surface area (Å²) < 4.78 is 0. The molecule has 1 aromatic rings. The fourth-order valence-electron chi connectivity index (χ4n) is 1.61. The number of carboxylic acid groups (broad SMARTS) is 1. The van der Waals surface area contributed by atoms with Crippen molar-refractivity contribution in [2.24, 2.45) is 0 Å². The van der Waals surface area contributed by atoms with Crippen LogP contribution in [-0.2, 0) is 0 Å². The molecule has 2 rings (SSSR count). The summed E-state index contributed by atoms with van der Waals surface area (Å²) in [6.07, 6.45) is 0. The Morgan fingerprint density at radius 1 is 1.57 bits per heavy atom. The SMILES string of the molecule is CC1CNc2c(cccc2C(=O)O)N1. The molecule has 1 aliphatic rings. The van der Waals surface area contributed by atoms with E-state index in [-0.39, 0.29) is 0 Å². The van der Waals surface area contributed by atoms with E-state index < -0.39 is 5.97 Å². The predicted molar refractivity (Wildman–Crippen MR) is 55.0 cm³/mol. The Morgan fingerprint density at radius 2 is 2.36 bits per heavy atom. The number of anilines is 2. The van der Waals surface area contributed by atoms with Crippen LogP contribution in [0, 0.1) is 0 Å². The summed E-state index contributed by atoms with van der Waals surface area (Å²) in [5.74, 6) is -0.897. The second-order valence-corrected chi connectivity index (χ2v) is 3.46. The number of nitrogens with one attached hydrogen (secondary N) is 2. The number of carboxylic acids is 1. The first-order valence-electron chi connectivity index (χ1n) is 4.55. The molecule has 1 unspecified atom stereocenters. The Morgan fingerprint density at radius 3 is 3.07 bits per heavy atom. The summed E-state index contributed by atoms with van der Waals surface area (Å²) in [4.78, 5) is 10.9. The number of fused-ring (bicyclic) bond motifs is 1. The summed E-state index contributed by atoms with van der Waals surface area (Å²) in [7, 11) is 0. The lowest BCUT2D eigenvalue weighted by atomic mass is 10.1. The van der Waals surface area contributed by atoms with Gasteiger partial charge in [0.05, 0.1) is 16.9 Å². The van der Waals surface area contributed by atoms with Crippen molar-refractivity contribution < 1.29 is 9.90 Å². The van der Waals surface area contributed by atoms with Crippen LogP contribution in [0.25, 0.3) is 0 Å². The molecule has 0 amide bonds. The van der Waals surface area contributed by atoms with Crippen molar-refractivity contribution in [1.29, 1.82) is 0 Å². The molecule has 0 spiro atoms. The molecule has 1 atom stereocenters. The third-order valence-electron chi connectivity index (χ3n) is 2.28. The van der Waals surface area contributed by atoms with Crippen molar-refractivity contribution in [2.75, 3.05) is 17.2 Å². The number of aromatic carboxylic acids is 1. The molecule has 0 radical (unpaired) electrons. The number of hydrogen-bond donors (Lipinski definition) is 3. The van der Waals surface area contributed by atoms with Crippen molar-refractivity contribution in [2.45, 2.75) is 13.0 Å². The number of rotatable bonds is 1. The van der Waals surface area contributed by atoms with Crippen molar-refractivity contribution in [1.82, 2.24) is 0 Å². The minimum absolute atomic E-state index is 0.321. The molecule has 14 heavy (non-hydrogen) atoms. The van der Waals surface area contributed by atoms with E-state index >= 15 is 0 Å². The molecule has 1 aliphatic heterocycles. The largest absolute Gasteiger partial charge is 0.478 e. The molecule has 1 heterocycles. The topological polar surface area (TPSA) is 61.4 Å². The van der Waals surface area contributed by atoms with Gasteiger partial charge in [-0.25, -0.2) is 4.79 Å². The lowest BCUT2D eigenvalue weighted by molar-refractivity contribution is 0.0698. The molecule has 4 nitrogen and oxygen atoms in total. The Hall–Kier alpha value is -1.71. The van der Waals surface area contributed by atoms with E-state index in [1.807, 2.05) is 13.0 Å². The molecule has 4 heteroatoms. The van der Waals surface area contributed by atoms with Crippen molar-refractivity contribution in [3.8, 4) is 0 Å². The van der Waals surface area contributed by atoms with Crippen LogP contribution in [0.5, 0.6) is 0 Å². The fraction of sp³-hybridized carbons (Fsp3) is 0.300. The van der Waals surface area contributed by atoms with Gasteiger partial charge in [-0.15, -0.1) is 0 Å². The highest BCUT2D eigenvalue weighted by atomic mass is 16.4. The second kappa shape index (κ2) is 3.21. The van der Waals surface area contributed by atoms with Crippen LogP contribution in [0.2, 0.25) is 0 Å². The van der Waals surface area contributed by atoms with Gasteiger partial charge in [0.15, 0.2) is 0 Å². The van der Waals surface area contributed by atoms with Gasteiger partial charge in [0.25, 0.3) is 0 Å². The Bertz CT molecular complexity index is 376. The van der Waals surface area contributed by atoms with Crippen LogP contribution in [0.4, 0.5) is 11.4 Å². The minimum atomic E-state index is -0.897. The molecular weight excluding hydrogens is 180 g/mol. The van der Waals surface area contributed by atoms with E-state index in [0.717, 1.165) is 12.2 Å². The Balaban J connectivity index is 2.46. The average Bonchev–Trinajstić information content (AvgIpc) is 2.16. The maximum atomic E-state index is 10.9. The molecule has 1 aromatic carbocycles. The molecule has 0 aromatic heterocycles. The molecule has 0 fully saturated rings. The van der Waals surface area contributed by atoms with Gasteiger partial charge in [0.2, 0.25) is 0 Å². The van der Waals surface area contributed by atoms with Gasteiger partial charge < -0.3 is 15.7 Å². The third kappa shape index (κ3) is 1.39. The fourth-order valence-corrected chi connectivity index (χ4v) is 1.61. The van der Waals surface area contributed by atoms with Crippen LogP contribution in [-0.4, -0.2) is 23.7 Å². The van der Waals surface area contributed by atoms with Gasteiger partial charge in [-0.05, 0) is 19.1 Å². The van der Waals surface area contributed by atoms with Crippen LogP contribution in [0.15, 0.2) is 18.2 Å². The van der Waals surface area contributed by atoms with Crippen LogP contribution < -0.4 is 10.6 Å². The smallest absolute Gasteiger partial charge is 0.337 e. The van der Waals surface area contributed by atoms with Gasteiger partial charge >= 0.3 is 5.97 Å². The van der Waals surface area contributed by atoms with Gasteiger partial charge in [-0.1, -0.05) is 6.07 Å². The van der Waals surface area contributed by atoms with Crippen LogP contribution >= 0.6 is 0 Å². The molecule has 0 saturated heterocycles. The first-order chi connectivity index (χ1) is 6.68. The Labute approximate surface area is 81.9 Å². The summed E-state index contributed by atoms with van der Waals surface area (Å²) in [5.41, 5.74) is 1.88. The van der Waals surface area contributed by atoms with Crippen molar-refractivity contribution in [3.05, 3.63) is 23.8 Å². The quantitative estimate of drug-likeness (QED) is 0.632. The lowest BCUT2D eigenvalue weighted by Gasteiger charge is -2.26. The van der Waals surface area contributed by atoms with E-state index in [1.165, 1.54) is 0 Å². The standard InChI is InChI=1S/C10H12N2O2/c1-6-5-11-9-7(10(13)14)3-2-4-8(9)12-6/h2-4,6,11-12H,5H2,1H3,(H,13,14). The maximum absolute atomic E-state index is 10.9. The molecule has 0 aliphatic carbocycles. The molecule has 0 bridgehead atoms. The van der Waals surface area contributed by atoms with E-state index in [0.29, 0.717) is 17.3 Å². The first-order valence-corrected chi connectivity index (χ1v) is 4.55. The van der Waals surface area contributed by atoms with Crippen LogP contribution in [0.1, 0.15) is 17.3 Å². The van der Waals surface area contributed by atoms with E-state index in [9.17, 15) is 4.79 Å². The Kier molecular flexibility index (Phi) is 2.04. The van der Waals surface area contributed by atoms with E-state index in [4.69, 9.17) is 5.11 Å². The summed E-state index contributed by atoms with van der Waals surface area (Å²) in [6.45, 7) is 2.79. The summed E-state index contributed by atoms with van der Waals surface area (Å²) >= 11 is 0. The zero-order chi connectivity index (χ0) is 10.1. The van der Waals surface area contributed by atoms with Gasteiger partial charge in [-0.2, -0.15) is 0 Å². The highest BCUT2D eigenvalue weighted by Gasteiger charge is 2.18. The van der Waals surface area contributed by atoms with Gasteiger partial charge in [0, 0.05) is 12.6 Å². The van der Waals surface area contributed by atoms with E-state index in [2.05, 4.69) is 10.6 Å². The van der Waals surface area contributed by atoms with Crippen molar-refractivity contribution >= 4 is 17.3 Å². The number of carbonyl (C=O) groups is 1. The minimum Gasteiger partial charge on any atom is -0.478 e. The monoisotopic (exact) mass is 192 g/mol. The van der Waals surface area contributed by atoms with Gasteiger partial charge in [0.1, 0.15) is 0 Å². The lowest BCUT2D eigenvalue weighted by Crippen LogP contribution is -2.31. The highest BCUT2D eigenvalue weighted by molar-refractivity contribution is 5.98. The number of para-hydroxylation sites is 1. The molecule has 0 saturated carbocycles. The molecule has 74 valence electrons. The normalized spacial score (nSPS) is 19.1. The zero-order valence-electron chi connectivity index (χ0n) is 7.87. The molecule has 3 N–H and O–H groups in total. The highest BCUT2D eigenvalue weighted by Crippen LogP contribution is 2.29. The summed E-state index contributed by atoms with van der Waals surface area (Å²) in [6, 6.07) is 5.55. The number of hydrogen-bond acceptors (Lipinski definition) is 3. The molecular formula is C10H12N2O2. The second-order valence-electron chi connectivity index (χ2n) is 3.46. The summed E-state index contributed by atoms with van der Waals surface area (Å²) in [5, 5.41) is 15.3. The zero-order valence-corrected chi connectivity index (χ0v) is 7.87.